The molecular weight excluding hydrogens is 472 g/mol. The predicted molar refractivity (Wildman–Crippen MR) is 144 cm³/mol. The molecule has 3 aromatic rings. The lowest BCUT2D eigenvalue weighted by Crippen LogP contribution is -2.41. The van der Waals surface area contributed by atoms with Crippen LogP contribution in [-0.4, -0.2) is 26.2 Å². The molecular formula is C29H34N2O4S. The SMILES string of the molecule is Cc1ccc2c(c1)[C@@H](NC(=O)c1ccc(CN(c3c(C)cccc3C)S(C)(=O)=O)cc1)CC(C)(C)O2. The second-order valence-electron chi connectivity index (χ2n) is 10.3. The van der Waals surface area contributed by atoms with Crippen LogP contribution in [0.5, 0.6) is 5.75 Å². The fraction of sp³-hybridized carbons (Fsp3) is 0.345. The quantitative estimate of drug-likeness (QED) is 0.472. The van der Waals surface area contributed by atoms with E-state index < -0.39 is 15.6 Å². The van der Waals surface area contributed by atoms with Crippen molar-refractivity contribution in [1.29, 1.82) is 0 Å². The topological polar surface area (TPSA) is 75.7 Å². The van der Waals surface area contributed by atoms with Crippen molar-refractivity contribution in [3.8, 4) is 5.75 Å². The number of ether oxygens (including phenoxy) is 1. The van der Waals surface area contributed by atoms with Gasteiger partial charge in [-0.25, -0.2) is 8.42 Å². The van der Waals surface area contributed by atoms with Crippen molar-refractivity contribution in [3.05, 3.63) is 94.0 Å². The molecule has 0 aromatic heterocycles. The van der Waals surface area contributed by atoms with Gasteiger partial charge in [-0.15, -0.1) is 0 Å². The minimum atomic E-state index is -3.51. The number of carbonyl (C=O) groups is 1. The van der Waals surface area contributed by atoms with Crippen molar-refractivity contribution < 1.29 is 17.9 Å². The van der Waals surface area contributed by atoms with E-state index in [2.05, 4.69) is 11.4 Å². The number of sulfonamides is 1. The Kier molecular flexibility index (Phi) is 6.88. The molecule has 3 aromatic carbocycles. The van der Waals surface area contributed by atoms with Gasteiger partial charge in [-0.2, -0.15) is 0 Å². The van der Waals surface area contributed by atoms with Crippen molar-refractivity contribution in [2.24, 2.45) is 0 Å². The van der Waals surface area contributed by atoms with E-state index in [1.807, 2.05) is 77.1 Å². The molecule has 6 nitrogen and oxygen atoms in total. The lowest BCUT2D eigenvalue weighted by Gasteiger charge is -2.38. The second-order valence-corrected chi connectivity index (χ2v) is 12.2. The van der Waals surface area contributed by atoms with E-state index in [4.69, 9.17) is 4.74 Å². The molecule has 7 heteroatoms. The van der Waals surface area contributed by atoms with Crippen LogP contribution in [0.15, 0.2) is 60.7 Å². The molecule has 1 N–H and O–H groups in total. The van der Waals surface area contributed by atoms with Crippen molar-refractivity contribution >= 4 is 21.6 Å². The fourth-order valence-electron chi connectivity index (χ4n) is 4.83. The van der Waals surface area contributed by atoms with Gasteiger partial charge in [0, 0.05) is 17.5 Å². The predicted octanol–water partition coefficient (Wildman–Crippen LogP) is 5.61. The molecule has 1 atom stereocenters. The second kappa shape index (κ2) is 9.62. The van der Waals surface area contributed by atoms with E-state index in [-0.39, 0.29) is 18.5 Å². The molecule has 4 rings (SSSR count). The lowest BCUT2D eigenvalue weighted by atomic mass is 9.88. The first kappa shape index (κ1) is 25.8. The molecule has 1 heterocycles. The van der Waals surface area contributed by atoms with Crippen LogP contribution in [0, 0.1) is 20.8 Å². The molecule has 0 aliphatic carbocycles. The average Bonchev–Trinajstić information content (AvgIpc) is 2.78. The standard InChI is InChI=1S/C29H34N2O4S/c1-19-10-15-26-24(16-19)25(17-29(4,5)35-26)30-28(32)23-13-11-22(12-14-23)18-31(36(6,33)34)27-20(2)8-7-9-21(27)3/h7-16,25H,17-18H2,1-6H3,(H,30,32)/t25-/m0/s1. The van der Waals surface area contributed by atoms with E-state index in [0.29, 0.717) is 17.7 Å². The Bertz CT molecular complexity index is 1380. The number of nitrogens with one attached hydrogen (secondary N) is 1. The highest BCUT2D eigenvalue weighted by molar-refractivity contribution is 7.92. The maximum Gasteiger partial charge on any atom is 0.251 e. The van der Waals surface area contributed by atoms with E-state index in [1.165, 1.54) is 10.6 Å². The molecule has 1 aliphatic heterocycles. The monoisotopic (exact) mass is 506 g/mol. The summed E-state index contributed by atoms with van der Waals surface area (Å²) in [6.45, 7) is 10.1. The highest BCUT2D eigenvalue weighted by atomic mass is 32.2. The smallest absolute Gasteiger partial charge is 0.251 e. The summed E-state index contributed by atoms with van der Waals surface area (Å²) in [5, 5.41) is 3.17. The highest BCUT2D eigenvalue weighted by Crippen LogP contribution is 2.40. The summed E-state index contributed by atoms with van der Waals surface area (Å²) in [5.41, 5.74) is 5.50. The van der Waals surface area contributed by atoms with Gasteiger partial charge >= 0.3 is 0 Å². The average molecular weight is 507 g/mol. The zero-order valence-corrected chi connectivity index (χ0v) is 22.6. The first-order valence-corrected chi connectivity index (χ1v) is 13.9. The molecule has 190 valence electrons. The number of rotatable bonds is 6. The summed E-state index contributed by atoms with van der Waals surface area (Å²) >= 11 is 0. The molecule has 0 unspecified atom stereocenters. The largest absolute Gasteiger partial charge is 0.487 e. The van der Waals surface area contributed by atoms with Gasteiger partial charge < -0.3 is 10.1 Å². The summed E-state index contributed by atoms with van der Waals surface area (Å²) in [7, 11) is -3.51. The zero-order chi connectivity index (χ0) is 26.3. The Balaban J connectivity index is 1.55. The molecule has 0 radical (unpaired) electrons. The summed E-state index contributed by atoms with van der Waals surface area (Å²) < 4.78 is 32.9. The van der Waals surface area contributed by atoms with Gasteiger partial charge in [0.05, 0.1) is 24.5 Å². The third kappa shape index (κ3) is 5.57. The number of anilines is 1. The molecule has 1 aliphatic rings. The Labute approximate surface area is 214 Å². The van der Waals surface area contributed by atoms with E-state index >= 15 is 0 Å². The van der Waals surface area contributed by atoms with Crippen molar-refractivity contribution in [3.63, 3.8) is 0 Å². The molecule has 0 saturated carbocycles. The van der Waals surface area contributed by atoms with Gasteiger partial charge in [-0.3, -0.25) is 9.10 Å². The Morgan fingerprint density at radius 1 is 1.03 bits per heavy atom. The van der Waals surface area contributed by atoms with Crippen LogP contribution in [0.3, 0.4) is 0 Å². The van der Waals surface area contributed by atoms with Gasteiger partial charge in [0.2, 0.25) is 10.0 Å². The molecule has 0 spiro atoms. The number of benzene rings is 3. The van der Waals surface area contributed by atoms with Crippen LogP contribution in [0.25, 0.3) is 0 Å². The number of carbonyl (C=O) groups excluding carboxylic acids is 1. The van der Waals surface area contributed by atoms with E-state index in [9.17, 15) is 13.2 Å². The number of hydrogen-bond donors (Lipinski definition) is 1. The van der Waals surface area contributed by atoms with Gasteiger partial charge in [-0.05, 0) is 69.5 Å². The van der Waals surface area contributed by atoms with E-state index in [1.54, 1.807) is 12.1 Å². The van der Waals surface area contributed by atoms with Crippen molar-refractivity contribution in [2.45, 2.75) is 59.2 Å². The zero-order valence-electron chi connectivity index (χ0n) is 21.8. The van der Waals surface area contributed by atoms with Gasteiger partial charge in [0.25, 0.3) is 5.91 Å². The van der Waals surface area contributed by atoms with Crippen LogP contribution < -0.4 is 14.4 Å². The van der Waals surface area contributed by atoms with Crippen LogP contribution in [0.1, 0.15) is 64.5 Å². The highest BCUT2D eigenvalue weighted by Gasteiger charge is 2.34. The molecule has 0 saturated heterocycles. The first-order chi connectivity index (χ1) is 16.8. The van der Waals surface area contributed by atoms with Crippen LogP contribution in [0.2, 0.25) is 0 Å². The van der Waals surface area contributed by atoms with Crippen LogP contribution in [0.4, 0.5) is 5.69 Å². The molecule has 0 fully saturated rings. The molecule has 0 bridgehead atoms. The lowest BCUT2D eigenvalue weighted by molar-refractivity contribution is 0.0619. The minimum absolute atomic E-state index is 0.166. The normalized spacial score (nSPS) is 16.6. The van der Waals surface area contributed by atoms with E-state index in [0.717, 1.165) is 33.6 Å². The summed E-state index contributed by atoms with van der Waals surface area (Å²) in [6, 6.07) is 18.7. The van der Waals surface area contributed by atoms with Gasteiger partial charge in [-0.1, -0.05) is 48.0 Å². The maximum atomic E-state index is 13.2. The Morgan fingerprint density at radius 3 is 2.28 bits per heavy atom. The number of para-hydroxylation sites is 1. The number of aryl methyl sites for hydroxylation is 3. The fourth-order valence-corrected chi connectivity index (χ4v) is 5.84. The Morgan fingerprint density at radius 2 is 1.67 bits per heavy atom. The third-order valence-corrected chi connectivity index (χ3v) is 7.67. The van der Waals surface area contributed by atoms with Crippen molar-refractivity contribution in [1.82, 2.24) is 5.32 Å². The number of amides is 1. The third-order valence-electron chi connectivity index (χ3n) is 6.56. The first-order valence-electron chi connectivity index (χ1n) is 12.1. The summed E-state index contributed by atoms with van der Waals surface area (Å²) in [4.78, 5) is 13.2. The minimum Gasteiger partial charge on any atom is -0.487 e. The number of fused-ring (bicyclic) bond motifs is 1. The number of hydrogen-bond acceptors (Lipinski definition) is 4. The number of nitrogens with zero attached hydrogens (tertiary/aromatic N) is 1. The van der Waals surface area contributed by atoms with Gasteiger partial charge in [0.15, 0.2) is 0 Å². The van der Waals surface area contributed by atoms with Gasteiger partial charge in [0.1, 0.15) is 11.4 Å². The summed E-state index contributed by atoms with van der Waals surface area (Å²) in [5.74, 6) is 0.622. The van der Waals surface area contributed by atoms with Crippen LogP contribution >= 0.6 is 0 Å². The van der Waals surface area contributed by atoms with Crippen molar-refractivity contribution in [2.75, 3.05) is 10.6 Å². The Hall–Kier alpha value is -3.32. The maximum absolute atomic E-state index is 13.2. The summed E-state index contributed by atoms with van der Waals surface area (Å²) in [6.07, 6.45) is 1.88. The van der Waals surface area contributed by atoms with Crippen LogP contribution in [-0.2, 0) is 16.6 Å². The molecule has 36 heavy (non-hydrogen) atoms. The molecule has 1 amide bonds.